The predicted octanol–water partition coefficient (Wildman–Crippen LogP) is 2.68. The molecule has 5 heteroatoms. The number of carbonyl (C=O) groups is 1. The lowest BCUT2D eigenvalue weighted by atomic mass is 9.92. The maximum absolute atomic E-state index is 12.1. The fourth-order valence-electron chi connectivity index (χ4n) is 2.28. The van der Waals surface area contributed by atoms with Gasteiger partial charge in [0.1, 0.15) is 5.75 Å². The molecule has 0 spiro atoms. The van der Waals surface area contributed by atoms with Gasteiger partial charge in [0.15, 0.2) is 0 Å². The van der Waals surface area contributed by atoms with Gasteiger partial charge in [0.25, 0.3) is 0 Å². The first kappa shape index (κ1) is 19.7. The highest BCUT2D eigenvalue weighted by molar-refractivity contribution is 5.85. The second-order valence-corrected chi connectivity index (χ2v) is 5.05. The molecule has 0 aliphatic carbocycles. The van der Waals surface area contributed by atoms with Crippen LogP contribution >= 0.6 is 12.4 Å². The molecule has 1 aromatic rings. The van der Waals surface area contributed by atoms with E-state index in [2.05, 4.69) is 19.2 Å². The van der Waals surface area contributed by atoms with Crippen molar-refractivity contribution in [1.82, 2.24) is 5.32 Å². The minimum atomic E-state index is -0.266. The van der Waals surface area contributed by atoms with Crippen molar-refractivity contribution in [2.75, 3.05) is 13.7 Å². The summed E-state index contributed by atoms with van der Waals surface area (Å²) in [6.45, 7) is 4.58. The van der Waals surface area contributed by atoms with E-state index >= 15 is 0 Å². The molecule has 0 aromatic heterocycles. The minimum absolute atomic E-state index is 0. The molecule has 4 nitrogen and oxygen atoms in total. The first-order valence-corrected chi connectivity index (χ1v) is 7.23. The first-order chi connectivity index (χ1) is 9.60. The fourth-order valence-corrected chi connectivity index (χ4v) is 2.28. The van der Waals surface area contributed by atoms with Crippen molar-refractivity contribution in [1.29, 1.82) is 0 Å². The topological polar surface area (TPSA) is 64.3 Å². The third-order valence-corrected chi connectivity index (χ3v) is 3.96. The maximum atomic E-state index is 12.1. The average molecular weight is 315 g/mol. The molecule has 1 aromatic carbocycles. The smallest absolute Gasteiger partial charge is 0.220 e. The highest BCUT2D eigenvalue weighted by atomic mass is 35.5. The number of nitrogens with two attached hydrogens (primary N) is 1. The van der Waals surface area contributed by atoms with E-state index in [-0.39, 0.29) is 23.9 Å². The molecule has 0 radical (unpaired) electrons. The molecule has 0 unspecified atom stereocenters. The third-order valence-electron chi connectivity index (χ3n) is 3.96. The van der Waals surface area contributed by atoms with Crippen LogP contribution in [0.5, 0.6) is 5.75 Å². The minimum Gasteiger partial charge on any atom is -0.496 e. The number of benzene rings is 1. The summed E-state index contributed by atoms with van der Waals surface area (Å²) >= 11 is 0. The lowest BCUT2D eigenvalue weighted by molar-refractivity contribution is -0.123. The van der Waals surface area contributed by atoms with Crippen molar-refractivity contribution in [3.8, 4) is 5.75 Å². The molecule has 0 saturated heterocycles. The van der Waals surface area contributed by atoms with Crippen LogP contribution in [0.3, 0.4) is 0 Å². The molecule has 0 aliphatic rings. The molecule has 0 fully saturated rings. The Hall–Kier alpha value is -1.26. The highest BCUT2D eigenvalue weighted by Crippen LogP contribution is 2.19. The lowest BCUT2D eigenvalue weighted by Crippen LogP contribution is -2.52. The van der Waals surface area contributed by atoms with Crippen LogP contribution in [-0.2, 0) is 11.2 Å². The van der Waals surface area contributed by atoms with E-state index in [1.807, 2.05) is 24.3 Å². The number of methoxy groups -OCH3 is 1. The average Bonchev–Trinajstić information content (AvgIpc) is 2.51. The van der Waals surface area contributed by atoms with Crippen LogP contribution in [0.1, 0.15) is 38.7 Å². The van der Waals surface area contributed by atoms with E-state index in [9.17, 15) is 4.79 Å². The van der Waals surface area contributed by atoms with Gasteiger partial charge in [-0.05, 0) is 30.9 Å². The standard InChI is InChI=1S/C16H26N2O2.ClH/c1-4-16(5-2,12-17)18-15(19)11-10-13-8-6-7-9-14(13)20-3;/h6-9H,4-5,10-12,17H2,1-3H3,(H,18,19);1H. The summed E-state index contributed by atoms with van der Waals surface area (Å²) < 4.78 is 5.29. The molecule has 0 bridgehead atoms. The van der Waals surface area contributed by atoms with Gasteiger partial charge in [-0.1, -0.05) is 32.0 Å². The zero-order valence-corrected chi connectivity index (χ0v) is 14.0. The fraction of sp³-hybridized carbons (Fsp3) is 0.562. The van der Waals surface area contributed by atoms with Gasteiger partial charge >= 0.3 is 0 Å². The van der Waals surface area contributed by atoms with E-state index in [4.69, 9.17) is 10.5 Å². The van der Waals surface area contributed by atoms with Crippen LogP contribution in [0.2, 0.25) is 0 Å². The molecule has 3 N–H and O–H groups in total. The normalized spacial score (nSPS) is 10.7. The number of nitrogens with one attached hydrogen (secondary N) is 1. The maximum Gasteiger partial charge on any atom is 0.220 e. The summed E-state index contributed by atoms with van der Waals surface area (Å²) in [5, 5.41) is 3.08. The Bertz CT molecular complexity index is 426. The van der Waals surface area contributed by atoms with Gasteiger partial charge in [0, 0.05) is 13.0 Å². The number of hydrogen-bond acceptors (Lipinski definition) is 3. The Labute approximate surface area is 133 Å². The second-order valence-electron chi connectivity index (χ2n) is 5.05. The number of aryl methyl sites for hydroxylation is 1. The van der Waals surface area contributed by atoms with Crippen molar-refractivity contribution in [3.05, 3.63) is 29.8 Å². The van der Waals surface area contributed by atoms with E-state index < -0.39 is 0 Å². The van der Waals surface area contributed by atoms with Crippen molar-refractivity contribution in [3.63, 3.8) is 0 Å². The number of carbonyl (C=O) groups excluding carboxylic acids is 1. The van der Waals surface area contributed by atoms with Crippen molar-refractivity contribution >= 4 is 18.3 Å². The van der Waals surface area contributed by atoms with E-state index in [1.165, 1.54) is 0 Å². The van der Waals surface area contributed by atoms with Crippen molar-refractivity contribution in [2.45, 2.75) is 45.1 Å². The molecule has 0 saturated carbocycles. The number of ether oxygens (including phenoxy) is 1. The molecule has 1 rings (SSSR count). The molecule has 0 atom stereocenters. The quantitative estimate of drug-likeness (QED) is 0.775. The Balaban J connectivity index is 0.00000400. The summed E-state index contributed by atoms with van der Waals surface area (Å²) in [5.41, 5.74) is 6.58. The van der Waals surface area contributed by atoms with E-state index in [0.29, 0.717) is 19.4 Å². The first-order valence-electron chi connectivity index (χ1n) is 7.23. The van der Waals surface area contributed by atoms with Gasteiger partial charge in [0.05, 0.1) is 12.6 Å². The summed E-state index contributed by atoms with van der Waals surface area (Å²) in [5.74, 6) is 0.876. The predicted molar refractivity (Wildman–Crippen MR) is 89.1 cm³/mol. The molecular weight excluding hydrogens is 288 g/mol. The monoisotopic (exact) mass is 314 g/mol. The molecular formula is C16H27ClN2O2. The molecule has 21 heavy (non-hydrogen) atoms. The van der Waals surface area contributed by atoms with E-state index in [0.717, 1.165) is 24.2 Å². The number of hydrogen-bond donors (Lipinski definition) is 2. The molecule has 120 valence electrons. The Morgan fingerprint density at radius 2 is 1.90 bits per heavy atom. The summed E-state index contributed by atoms with van der Waals surface area (Å²) in [7, 11) is 1.65. The van der Waals surface area contributed by atoms with Gasteiger partial charge in [-0.15, -0.1) is 12.4 Å². The largest absolute Gasteiger partial charge is 0.496 e. The summed E-state index contributed by atoms with van der Waals surface area (Å²) in [4.78, 5) is 12.1. The number of amides is 1. The van der Waals surface area contributed by atoms with Crippen LogP contribution < -0.4 is 15.8 Å². The molecule has 1 amide bonds. The van der Waals surface area contributed by atoms with Crippen molar-refractivity contribution in [2.24, 2.45) is 5.73 Å². The van der Waals surface area contributed by atoms with Crippen LogP contribution in [0.15, 0.2) is 24.3 Å². The second kappa shape index (κ2) is 9.64. The van der Waals surface area contributed by atoms with Gasteiger partial charge in [-0.3, -0.25) is 4.79 Å². The third kappa shape index (κ3) is 5.56. The Kier molecular flexibility index (Phi) is 9.06. The number of rotatable bonds is 8. The summed E-state index contributed by atoms with van der Waals surface area (Å²) in [6, 6.07) is 7.78. The van der Waals surface area contributed by atoms with Crippen LogP contribution in [0, 0.1) is 0 Å². The SMILES string of the molecule is CCC(CC)(CN)NC(=O)CCc1ccccc1OC.Cl. The van der Waals surface area contributed by atoms with Gasteiger partial charge in [0.2, 0.25) is 5.91 Å². The Morgan fingerprint density at radius 3 is 2.43 bits per heavy atom. The zero-order valence-electron chi connectivity index (χ0n) is 13.1. The molecule has 0 heterocycles. The van der Waals surface area contributed by atoms with Crippen molar-refractivity contribution < 1.29 is 9.53 Å². The zero-order chi connectivity index (χ0) is 15.0. The van der Waals surface area contributed by atoms with Crippen LogP contribution in [0.4, 0.5) is 0 Å². The van der Waals surface area contributed by atoms with Gasteiger partial charge in [-0.2, -0.15) is 0 Å². The lowest BCUT2D eigenvalue weighted by Gasteiger charge is -2.31. The Morgan fingerprint density at radius 1 is 1.29 bits per heavy atom. The molecule has 0 aliphatic heterocycles. The van der Waals surface area contributed by atoms with E-state index in [1.54, 1.807) is 7.11 Å². The van der Waals surface area contributed by atoms with Gasteiger partial charge in [-0.25, -0.2) is 0 Å². The highest BCUT2D eigenvalue weighted by Gasteiger charge is 2.25. The van der Waals surface area contributed by atoms with Gasteiger partial charge < -0.3 is 15.8 Å². The van der Waals surface area contributed by atoms with Crippen LogP contribution in [0.25, 0.3) is 0 Å². The number of halogens is 1. The number of para-hydroxylation sites is 1. The summed E-state index contributed by atoms with van der Waals surface area (Å²) in [6.07, 6.45) is 2.81. The van der Waals surface area contributed by atoms with Crippen LogP contribution in [-0.4, -0.2) is 25.1 Å².